The Morgan fingerprint density at radius 2 is 2.11 bits per heavy atom. The van der Waals surface area contributed by atoms with Crippen molar-refractivity contribution in [2.24, 2.45) is 0 Å². The third kappa shape index (κ3) is 3.60. The fraction of sp³-hybridized carbons (Fsp3) is 0.417. The van der Waals surface area contributed by atoms with Gasteiger partial charge in [0, 0.05) is 29.9 Å². The molecular formula is C12H16BrClN2O2. The molecular weight excluding hydrogens is 320 g/mol. The molecule has 18 heavy (non-hydrogen) atoms. The molecule has 0 atom stereocenters. The highest BCUT2D eigenvalue weighted by molar-refractivity contribution is 9.10. The fourth-order valence-corrected chi connectivity index (χ4v) is 2.23. The number of ether oxygens (including phenoxy) is 1. The van der Waals surface area contributed by atoms with Crippen LogP contribution in [0.4, 0.5) is 5.69 Å². The van der Waals surface area contributed by atoms with Crippen molar-refractivity contribution in [1.29, 1.82) is 0 Å². The SMILES string of the molecule is Cl.Nc1cc(Br)ccc1C(=O)N1CCCOCC1. The first-order chi connectivity index (χ1) is 8.18. The van der Waals surface area contributed by atoms with Gasteiger partial charge in [0.05, 0.1) is 12.2 Å². The van der Waals surface area contributed by atoms with Crippen LogP contribution in [0.1, 0.15) is 16.8 Å². The van der Waals surface area contributed by atoms with Crippen molar-refractivity contribution >= 4 is 39.9 Å². The number of hydrogen-bond acceptors (Lipinski definition) is 3. The highest BCUT2D eigenvalue weighted by atomic mass is 79.9. The van der Waals surface area contributed by atoms with Crippen LogP contribution in [-0.4, -0.2) is 37.1 Å². The van der Waals surface area contributed by atoms with Gasteiger partial charge in [-0.25, -0.2) is 0 Å². The zero-order valence-electron chi connectivity index (χ0n) is 9.89. The number of nitrogens with zero attached hydrogens (tertiary/aromatic N) is 1. The summed E-state index contributed by atoms with van der Waals surface area (Å²) in [7, 11) is 0. The molecule has 1 fully saturated rings. The summed E-state index contributed by atoms with van der Waals surface area (Å²) in [5, 5.41) is 0. The molecule has 6 heteroatoms. The van der Waals surface area contributed by atoms with Gasteiger partial charge in [-0.2, -0.15) is 0 Å². The van der Waals surface area contributed by atoms with Gasteiger partial charge in [-0.3, -0.25) is 4.79 Å². The van der Waals surface area contributed by atoms with E-state index >= 15 is 0 Å². The van der Waals surface area contributed by atoms with Crippen LogP contribution in [0.25, 0.3) is 0 Å². The van der Waals surface area contributed by atoms with Gasteiger partial charge < -0.3 is 15.4 Å². The van der Waals surface area contributed by atoms with Crippen molar-refractivity contribution in [2.75, 3.05) is 32.0 Å². The molecule has 1 aliphatic heterocycles. The molecule has 1 aromatic rings. The standard InChI is InChI=1S/C12H15BrN2O2.ClH/c13-9-2-3-10(11(14)8-9)12(16)15-4-1-6-17-7-5-15;/h2-3,8H,1,4-7,14H2;1H. The van der Waals surface area contributed by atoms with E-state index in [4.69, 9.17) is 10.5 Å². The van der Waals surface area contributed by atoms with E-state index in [0.717, 1.165) is 24.0 Å². The Morgan fingerprint density at radius 1 is 1.33 bits per heavy atom. The Balaban J connectivity index is 0.00000162. The predicted molar refractivity (Wildman–Crippen MR) is 77.1 cm³/mol. The number of nitrogens with two attached hydrogens (primary N) is 1. The molecule has 0 radical (unpaired) electrons. The molecule has 0 saturated carbocycles. The van der Waals surface area contributed by atoms with E-state index in [1.807, 2.05) is 6.07 Å². The number of amides is 1. The third-order valence-corrected chi connectivity index (χ3v) is 3.25. The van der Waals surface area contributed by atoms with E-state index in [1.54, 1.807) is 17.0 Å². The third-order valence-electron chi connectivity index (χ3n) is 2.75. The summed E-state index contributed by atoms with van der Waals surface area (Å²) in [4.78, 5) is 14.1. The largest absolute Gasteiger partial charge is 0.398 e. The molecule has 1 heterocycles. The van der Waals surface area contributed by atoms with Crippen molar-refractivity contribution in [3.05, 3.63) is 28.2 Å². The van der Waals surface area contributed by atoms with Crippen LogP contribution < -0.4 is 5.73 Å². The number of benzene rings is 1. The lowest BCUT2D eigenvalue weighted by Gasteiger charge is -2.20. The molecule has 0 aromatic heterocycles. The van der Waals surface area contributed by atoms with E-state index in [-0.39, 0.29) is 18.3 Å². The quantitative estimate of drug-likeness (QED) is 0.801. The lowest BCUT2D eigenvalue weighted by molar-refractivity contribution is 0.0742. The van der Waals surface area contributed by atoms with Crippen LogP contribution in [0.5, 0.6) is 0 Å². The number of carbonyl (C=O) groups excluding carboxylic acids is 1. The van der Waals surface area contributed by atoms with Gasteiger partial charge in [0.2, 0.25) is 0 Å². The van der Waals surface area contributed by atoms with Crippen molar-refractivity contribution in [3.8, 4) is 0 Å². The van der Waals surface area contributed by atoms with Crippen molar-refractivity contribution < 1.29 is 9.53 Å². The Labute approximate surface area is 121 Å². The number of rotatable bonds is 1. The smallest absolute Gasteiger partial charge is 0.256 e. The van der Waals surface area contributed by atoms with Gasteiger partial charge in [-0.15, -0.1) is 12.4 Å². The maximum Gasteiger partial charge on any atom is 0.256 e. The Morgan fingerprint density at radius 3 is 2.83 bits per heavy atom. The Bertz CT molecular complexity index is 421. The monoisotopic (exact) mass is 334 g/mol. The lowest BCUT2D eigenvalue weighted by atomic mass is 10.1. The van der Waals surface area contributed by atoms with Gasteiger partial charge >= 0.3 is 0 Å². The number of hydrogen-bond donors (Lipinski definition) is 1. The van der Waals surface area contributed by atoms with Crippen LogP contribution in [0.15, 0.2) is 22.7 Å². The number of halogens is 2. The molecule has 4 nitrogen and oxygen atoms in total. The van der Waals surface area contributed by atoms with Crippen LogP contribution in [0, 0.1) is 0 Å². The topological polar surface area (TPSA) is 55.6 Å². The summed E-state index contributed by atoms with van der Waals surface area (Å²) >= 11 is 3.33. The number of anilines is 1. The number of carbonyl (C=O) groups is 1. The van der Waals surface area contributed by atoms with Crippen molar-refractivity contribution in [1.82, 2.24) is 4.90 Å². The molecule has 1 aromatic carbocycles. The van der Waals surface area contributed by atoms with Gasteiger partial charge in [0.1, 0.15) is 0 Å². The second kappa shape index (κ2) is 6.97. The van der Waals surface area contributed by atoms with Crippen molar-refractivity contribution in [2.45, 2.75) is 6.42 Å². The minimum Gasteiger partial charge on any atom is -0.398 e. The summed E-state index contributed by atoms with van der Waals surface area (Å²) < 4.78 is 6.21. The van der Waals surface area contributed by atoms with E-state index in [0.29, 0.717) is 24.4 Å². The van der Waals surface area contributed by atoms with Gasteiger partial charge in [-0.1, -0.05) is 15.9 Å². The second-order valence-electron chi connectivity index (χ2n) is 3.99. The fourth-order valence-electron chi connectivity index (χ4n) is 1.85. The van der Waals surface area contributed by atoms with E-state index in [2.05, 4.69) is 15.9 Å². The normalized spacial score (nSPS) is 15.7. The zero-order valence-corrected chi connectivity index (χ0v) is 12.3. The summed E-state index contributed by atoms with van der Waals surface area (Å²) in [5.74, 6) is -0.0134. The Hall–Kier alpha value is -0.780. The van der Waals surface area contributed by atoms with Gasteiger partial charge in [0.25, 0.3) is 5.91 Å². The van der Waals surface area contributed by atoms with Crippen LogP contribution in [-0.2, 0) is 4.74 Å². The first kappa shape index (κ1) is 15.3. The highest BCUT2D eigenvalue weighted by Gasteiger charge is 2.19. The van der Waals surface area contributed by atoms with E-state index in [9.17, 15) is 4.79 Å². The maximum absolute atomic E-state index is 12.3. The van der Waals surface area contributed by atoms with E-state index in [1.165, 1.54) is 0 Å². The first-order valence-electron chi connectivity index (χ1n) is 5.60. The summed E-state index contributed by atoms with van der Waals surface area (Å²) in [6, 6.07) is 5.34. The molecule has 1 amide bonds. The molecule has 2 rings (SSSR count). The summed E-state index contributed by atoms with van der Waals surface area (Å²) in [6.07, 6.45) is 0.877. The van der Waals surface area contributed by atoms with Gasteiger partial charge in [-0.05, 0) is 24.6 Å². The Kier molecular flexibility index (Phi) is 5.91. The molecule has 0 aliphatic carbocycles. The van der Waals surface area contributed by atoms with Crippen LogP contribution >= 0.6 is 28.3 Å². The second-order valence-corrected chi connectivity index (χ2v) is 4.91. The average Bonchev–Trinajstić information content (AvgIpc) is 2.56. The minimum atomic E-state index is -0.0134. The zero-order chi connectivity index (χ0) is 12.3. The summed E-state index contributed by atoms with van der Waals surface area (Å²) in [6.45, 7) is 2.68. The summed E-state index contributed by atoms with van der Waals surface area (Å²) in [5.41, 5.74) is 6.93. The van der Waals surface area contributed by atoms with E-state index < -0.39 is 0 Å². The lowest BCUT2D eigenvalue weighted by Crippen LogP contribution is -2.33. The molecule has 0 bridgehead atoms. The molecule has 1 saturated heterocycles. The number of nitrogen functional groups attached to an aromatic ring is 1. The molecule has 1 aliphatic rings. The van der Waals surface area contributed by atoms with Crippen LogP contribution in [0.3, 0.4) is 0 Å². The van der Waals surface area contributed by atoms with Crippen molar-refractivity contribution in [3.63, 3.8) is 0 Å². The average molecular weight is 336 g/mol. The van der Waals surface area contributed by atoms with Gasteiger partial charge in [0.15, 0.2) is 0 Å². The molecule has 2 N–H and O–H groups in total. The first-order valence-corrected chi connectivity index (χ1v) is 6.40. The molecule has 100 valence electrons. The van der Waals surface area contributed by atoms with Crippen LogP contribution in [0.2, 0.25) is 0 Å². The highest BCUT2D eigenvalue weighted by Crippen LogP contribution is 2.20. The molecule has 0 unspecified atom stereocenters. The predicted octanol–water partition coefficient (Wildman–Crippen LogP) is 2.32. The maximum atomic E-state index is 12.3. The minimum absolute atomic E-state index is 0. The molecule has 0 spiro atoms.